The number of hydrogen-bond donors (Lipinski definition) is 1. The predicted molar refractivity (Wildman–Crippen MR) is 90.8 cm³/mol. The van der Waals surface area contributed by atoms with Gasteiger partial charge in [-0.05, 0) is 57.2 Å². The smallest absolute Gasteiger partial charge is 0.131 e. The molecule has 2 unspecified atom stereocenters. The molecule has 1 rings (SSSR count). The van der Waals surface area contributed by atoms with Crippen LogP contribution in [0.4, 0.5) is 0 Å². The second-order valence-electron chi connectivity index (χ2n) is 6.90. The third kappa shape index (κ3) is 5.74. The highest BCUT2D eigenvalue weighted by Crippen LogP contribution is 2.20. The zero-order valence-corrected chi connectivity index (χ0v) is 15.0. The molecular weight excluding hydrogens is 258 g/mol. The van der Waals surface area contributed by atoms with Crippen molar-refractivity contribution in [1.82, 2.24) is 15.3 Å². The summed E-state index contributed by atoms with van der Waals surface area (Å²) in [6.07, 6.45) is 2.15. The molecule has 0 bridgehead atoms. The Morgan fingerprint density at radius 3 is 2.00 bits per heavy atom. The largest absolute Gasteiger partial charge is 0.316 e. The van der Waals surface area contributed by atoms with E-state index in [-0.39, 0.29) is 0 Å². The van der Waals surface area contributed by atoms with E-state index in [1.807, 2.05) is 0 Å². The van der Waals surface area contributed by atoms with Gasteiger partial charge in [-0.1, -0.05) is 34.6 Å². The molecule has 1 heterocycles. The van der Waals surface area contributed by atoms with Crippen LogP contribution in [0.1, 0.15) is 69.7 Å². The summed E-state index contributed by atoms with van der Waals surface area (Å²) in [7, 11) is 0. The highest BCUT2D eigenvalue weighted by molar-refractivity contribution is 5.25. The van der Waals surface area contributed by atoms with E-state index in [9.17, 15) is 0 Å². The fraction of sp³-hybridized carbons (Fsp3) is 0.778. The van der Waals surface area contributed by atoms with Gasteiger partial charge in [0.15, 0.2) is 0 Å². The van der Waals surface area contributed by atoms with Gasteiger partial charge in [0.05, 0.1) is 0 Å². The molecule has 1 aromatic heterocycles. The van der Waals surface area contributed by atoms with Gasteiger partial charge in [0.25, 0.3) is 0 Å². The highest BCUT2D eigenvalue weighted by atomic mass is 14.9. The molecule has 120 valence electrons. The fourth-order valence-electron chi connectivity index (χ4n) is 2.50. The van der Waals surface area contributed by atoms with Crippen LogP contribution in [-0.2, 0) is 6.42 Å². The third-order valence-electron chi connectivity index (χ3n) is 4.09. The van der Waals surface area contributed by atoms with Gasteiger partial charge in [0, 0.05) is 17.3 Å². The quantitative estimate of drug-likeness (QED) is 0.785. The van der Waals surface area contributed by atoms with Gasteiger partial charge in [-0.25, -0.2) is 9.97 Å². The van der Waals surface area contributed by atoms with E-state index >= 15 is 0 Å². The van der Waals surface area contributed by atoms with Crippen LogP contribution in [0.5, 0.6) is 0 Å². The summed E-state index contributed by atoms with van der Waals surface area (Å²) in [6.45, 7) is 17.6. The second-order valence-corrected chi connectivity index (χ2v) is 6.90. The summed E-state index contributed by atoms with van der Waals surface area (Å²) in [6, 6.07) is 0. The lowest BCUT2D eigenvalue weighted by molar-refractivity contribution is 0.471. The molecule has 0 aromatic carbocycles. The van der Waals surface area contributed by atoms with Crippen LogP contribution in [0.3, 0.4) is 0 Å². The number of nitrogens with one attached hydrogen (secondary N) is 1. The lowest BCUT2D eigenvalue weighted by Gasteiger charge is -2.18. The Morgan fingerprint density at radius 2 is 1.52 bits per heavy atom. The van der Waals surface area contributed by atoms with E-state index in [4.69, 9.17) is 9.97 Å². The first-order valence-corrected chi connectivity index (χ1v) is 8.39. The Kier molecular flexibility index (Phi) is 7.30. The summed E-state index contributed by atoms with van der Waals surface area (Å²) < 4.78 is 0. The van der Waals surface area contributed by atoms with Crippen LogP contribution < -0.4 is 5.32 Å². The first-order chi connectivity index (χ1) is 9.85. The lowest BCUT2D eigenvalue weighted by Crippen LogP contribution is -2.26. The molecule has 0 spiro atoms. The van der Waals surface area contributed by atoms with E-state index in [0.717, 1.165) is 43.1 Å². The van der Waals surface area contributed by atoms with Crippen molar-refractivity contribution in [2.24, 2.45) is 11.8 Å². The van der Waals surface area contributed by atoms with E-state index in [2.05, 4.69) is 53.8 Å². The molecule has 2 atom stereocenters. The van der Waals surface area contributed by atoms with Crippen LogP contribution in [0.15, 0.2) is 0 Å². The van der Waals surface area contributed by atoms with Gasteiger partial charge in [-0.15, -0.1) is 0 Å². The van der Waals surface area contributed by atoms with Gasteiger partial charge in [-0.2, -0.15) is 0 Å². The normalized spacial score (nSPS) is 14.5. The molecule has 0 aliphatic heterocycles. The molecule has 3 heteroatoms. The number of aryl methyl sites for hydroxylation is 2. The minimum absolute atomic E-state index is 0.446. The standard InChI is InChI=1S/C18H33N3/c1-8-14(5)18-20-15(6)17(16(7)21-18)9-13(4)11-19-10-12(2)3/h12-14,19H,8-11H2,1-7H3. The molecule has 0 aliphatic rings. The molecule has 0 saturated heterocycles. The van der Waals surface area contributed by atoms with Gasteiger partial charge < -0.3 is 5.32 Å². The van der Waals surface area contributed by atoms with Crippen LogP contribution in [0, 0.1) is 25.7 Å². The maximum atomic E-state index is 4.73. The molecule has 0 fully saturated rings. The molecule has 1 N–H and O–H groups in total. The number of aromatic nitrogens is 2. The van der Waals surface area contributed by atoms with Crippen LogP contribution >= 0.6 is 0 Å². The molecule has 0 radical (unpaired) electrons. The van der Waals surface area contributed by atoms with Crippen molar-refractivity contribution in [2.45, 2.75) is 67.2 Å². The summed E-state index contributed by atoms with van der Waals surface area (Å²) in [5.74, 6) is 2.77. The Balaban J connectivity index is 2.71. The van der Waals surface area contributed by atoms with E-state index in [1.165, 1.54) is 5.56 Å². The summed E-state index contributed by atoms with van der Waals surface area (Å²) in [4.78, 5) is 9.47. The average Bonchev–Trinajstić information content (AvgIpc) is 2.41. The number of nitrogens with zero attached hydrogens (tertiary/aromatic N) is 2. The average molecular weight is 291 g/mol. The Hall–Kier alpha value is -0.960. The Bertz CT molecular complexity index is 417. The predicted octanol–water partition coefficient (Wildman–Crippen LogP) is 4.03. The van der Waals surface area contributed by atoms with Gasteiger partial charge >= 0.3 is 0 Å². The van der Waals surface area contributed by atoms with Gasteiger partial charge in [0.1, 0.15) is 5.82 Å². The van der Waals surface area contributed by atoms with E-state index in [1.54, 1.807) is 0 Å². The molecule has 0 saturated carbocycles. The van der Waals surface area contributed by atoms with Crippen molar-refractivity contribution in [2.75, 3.05) is 13.1 Å². The lowest BCUT2D eigenvalue weighted by atomic mass is 9.98. The molecular formula is C18H33N3. The van der Waals surface area contributed by atoms with Crippen LogP contribution in [0.25, 0.3) is 0 Å². The molecule has 0 aliphatic carbocycles. The second kappa shape index (κ2) is 8.47. The van der Waals surface area contributed by atoms with Crippen molar-refractivity contribution in [3.63, 3.8) is 0 Å². The summed E-state index contributed by atoms with van der Waals surface area (Å²) in [5.41, 5.74) is 3.66. The molecule has 3 nitrogen and oxygen atoms in total. The van der Waals surface area contributed by atoms with Gasteiger partial charge in [0.2, 0.25) is 0 Å². The van der Waals surface area contributed by atoms with Crippen LogP contribution in [-0.4, -0.2) is 23.1 Å². The topological polar surface area (TPSA) is 37.8 Å². The molecule has 0 amide bonds. The Morgan fingerprint density at radius 1 is 0.952 bits per heavy atom. The summed E-state index contributed by atoms with van der Waals surface area (Å²) >= 11 is 0. The van der Waals surface area contributed by atoms with Crippen molar-refractivity contribution >= 4 is 0 Å². The monoisotopic (exact) mass is 291 g/mol. The highest BCUT2D eigenvalue weighted by Gasteiger charge is 2.14. The number of hydrogen-bond acceptors (Lipinski definition) is 3. The SMILES string of the molecule is CCC(C)c1nc(C)c(CC(C)CNCC(C)C)c(C)n1. The third-order valence-corrected chi connectivity index (χ3v) is 4.09. The first kappa shape index (κ1) is 18.1. The Labute approximate surface area is 131 Å². The van der Waals surface area contributed by atoms with E-state index in [0.29, 0.717) is 17.8 Å². The van der Waals surface area contributed by atoms with Crippen molar-refractivity contribution in [3.05, 3.63) is 22.8 Å². The van der Waals surface area contributed by atoms with Crippen molar-refractivity contribution in [1.29, 1.82) is 0 Å². The fourth-order valence-corrected chi connectivity index (χ4v) is 2.50. The molecule has 1 aromatic rings. The van der Waals surface area contributed by atoms with Gasteiger partial charge in [-0.3, -0.25) is 0 Å². The molecule has 21 heavy (non-hydrogen) atoms. The first-order valence-electron chi connectivity index (χ1n) is 8.39. The zero-order chi connectivity index (χ0) is 16.0. The maximum absolute atomic E-state index is 4.73. The minimum Gasteiger partial charge on any atom is -0.316 e. The van der Waals surface area contributed by atoms with E-state index < -0.39 is 0 Å². The van der Waals surface area contributed by atoms with Crippen molar-refractivity contribution < 1.29 is 0 Å². The number of rotatable bonds is 8. The van der Waals surface area contributed by atoms with Crippen molar-refractivity contribution in [3.8, 4) is 0 Å². The summed E-state index contributed by atoms with van der Waals surface area (Å²) in [5, 5.41) is 3.54. The zero-order valence-electron chi connectivity index (χ0n) is 15.0. The minimum atomic E-state index is 0.446. The maximum Gasteiger partial charge on any atom is 0.131 e. The van der Waals surface area contributed by atoms with Crippen LogP contribution in [0.2, 0.25) is 0 Å².